The first-order valence-electron chi connectivity index (χ1n) is 9.61. The number of anilines is 1. The largest absolute Gasteiger partial charge is 0.507 e. The van der Waals surface area contributed by atoms with Crippen molar-refractivity contribution in [3.63, 3.8) is 0 Å². The number of nitrogens with zero attached hydrogens (tertiary/aromatic N) is 3. The van der Waals surface area contributed by atoms with Crippen LogP contribution in [0.4, 0.5) is 11.4 Å². The van der Waals surface area contributed by atoms with Crippen LogP contribution in [-0.2, 0) is 10.0 Å². The Bertz CT molecular complexity index is 1060. The summed E-state index contributed by atoms with van der Waals surface area (Å²) < 4.78 is 28.3. The van der Waals surface area contributed by atoms with Crippen molar-refractivity contribution in [2.75, 3.05) is 5.43 Å². The van der Waals surface area contributed by atoms with Gasteiger partial charge >= 0.3 is 0 Å². The SMILES string of the molecule is C[C@@H]1CCC[C@H](C)N1S(=O)(=O)c1cc([N+](=O)[O-])ccc1N/N=C\c1ccccc1O. The number of nitrogens with one attached hydrogen (secondary N) is 1. The van der Waals surface area contributed by atoms with Crippen molar-refractivity contribution in [1.29, 1.82) is 0 Å². The molecule has 30 heavy (non-hydrogen) atoms. The summed E-state index contributed by atoms with van der Waals surface area (Å²) in [5.41, 5.74) is 2.90. The zero-order chi connectivity index (χ0) is 21.9. The van der Waals surface area contributed by atoms with Crippen molar-refractivity contribution < 1.29 is 18.4 Å². The number of benzene rings is 2. The van der Waals surface area contributed by atoms with E-state index < -0.39 is 14.9 Å². The summed E-state index contributed by atoms with van der Waals surface area (Å²) in [5.74, 6) is 0.0237. The minimum absolute atomic E-state index is 0.0237. The molecule has 1 saturated heterocycles. The van der Waals surface area contributed by atoms with Crippen molar-refractivity contribution in [2.45, 2.75) is 50.1 Å². The van der Waals surface area contributed by atoms with Crippen LogP contribution in [0.3, 0.4) is 0 Å². The minimum Gasteiger partial charge on any atom is -0.507 e. The van der Waals surface area contributed by atoms with Gasteiger partial charge in [-0.3, -0.25) is 15.5 Å². The zero-order valence-corrected chi connectivity index (χ0v) is 17.5. The van der Waals surface area contributed by atoms with Crippen LogP contribution in [0.2, 0.25) is 0 Å². The number of hydrogen-bond acceptors (Lipinski definition) is 7. The lowest BCUT2D eigenvalue weighted by Crippen LogP contribution is -2.47. The second-order valence-electron chi connectivity index (χ2n) is 7.33. The maximum Gasteiger partial charge on any atom is 0.270 e. The molecule has 0 amide bonds. The minimum atomic E-state index is -4.01. The number of hydrogen-bond donors (Lipinski definition) is 2. The molecule has 2 aromatic carbocycles. The molecule has 3 rings (SSSR count). The van der Waals surface area contributed by atoms with Gasteiger partial charge < -0.3 is 5.11 Å². The molecule has 0 radical (unpaired) electrons. The van der Waals surface area contributed by atoms with Crippen molar-refractivity contribution in [1.82, 2.24) is 4.31 Å². The monoisotopic (exact) mass is 432 g/mol. The summed E-state index contributed by atoms with van der Waals surface area (Å²) in [4.78, 5) is 10.4. The number of aromatic hydroxyl groups is 1. The van der Waals surface area contributed by atoms with Crippen LogP contribution in [0.1, 0.15) is 38.7 Å². The van der Waals surface area contributed by atoms with Crippen LogP contribution >= 0.6 is 0 Å². The van der Waals surface area contributed by atoms with Gasteiger partial charge in [-0.25, -0.2) is 8.42 Å². The van der Waals surface area contributed by atoms with Gasteiger partial charge in [0.05, 0.1) is 16.8 Å². The molecule has 0 aliphatic carbocycles. The summed E-state index contributed by atoms with van der Waals surface area (Å²) in [5, 5.41) is 25.1. The van der Waals surface area contributed by atoms with E-state index in [0.717, 1.165) is 25.3 Å². The highest BCUT2D eigenvalue weighted by molar-refractivity contribution is 7.89. The van der Waals surface area contributed by atoms with E-state index in [9.17, 15) is 23.6 Å². The van der Waals surface area contributed by atoms with Gasteiger partial charge in [0.15, 0.2) is 0 Å². The van der Waals surface area contributed by atoms with Crippen molar-refractivity contribution in [3.05, 3.63) is 58.1 Å². The standard InChI is InChI=1S/C20H24N4O5S/c1-14-6-5-7-15(2)23(14)30(28,29)20-12-17(24(26)27)10-11-18(20)22-21-13-16-8-3-4-9-19(16)25/h3-4,8-15,22,25H,5-7H2,1-2H3/b21-13-/t14-,15+. The lowest BCUT2D eigenvalue weighted by atomic mass is 10.0. The van der Waals surface area contributed by atoms with Crippen LogP contribution in [0.25, 0.3) is 0 Å². The van der Waals surface area contributed by atoms with E-state index in [-0.39, 0.29) is 34.1 Å². The number of nitro benzene ring substituents is 1. The summed E-state index contributed by atoms with van der Waals surface area (Å²) in [6, 6.07) is 9.72. The molecule has 0 aromatic heterocycles. The average molecular weight is 433 g/mol. The normalized spacial score (nSPS) is 20.3. The molecule has 2 N–H and O–H groups in total. The Morgan fingerprint density at radius 1 is 1.20 bits per heavy atom. The third-order valence-electron chi connectivity index (χ3n) is 5.17. The van der Waals surface area contributed by atoms with E-state index in [2.05, 4.69) is 10.5 Å². The predicted octanol–water partition coefficient (Wildman–Crippen LogP) is 3.70. The van der Waals surface area contributed by atoms with Crippen molar-refractivity contribution in [3.8, 4) is 5.75 Å². The number of phenols is 1. The quantitative estimate of drug-likeness (QED) is 0.407. The molecule has 1 aliphatic heterocycles. The lowest BCUT2D eigenvalue weighted by Gasteiger charge is -2.37. The fourth-order valence-corrected chi connectivity index (χ4v) is 5.73. The Morgan fingerprint density at radius 2 is 1.87 bits per heavy atom. The summed E-state index contributed by atoms with van der Waals surface area (Å²) in [6.07, 6.45) is 3.73. The van der Waals surface area contributed by atoms with E-state index in [4.69, 9.17) is 0 Å². The van der Waals surface area contributed by atoms with Gasteiger partial charge in [-0.1, -0.05) is 18.6 Å². The number of nitro groups is 1. The van der Waals surface area contributed by atoms with E-state index in [1.807, 2.05) is 13.8 Å². The average Bonchev–Trinajstić information content (AvgIpc) is 2.69. The van der Waals surface area contributed by atoms with Crippen LogP contribution in [0, 0.1) is 10.1 Å². The predicted molar refractivity (Wildman–Crippen MR) is 114 cm³/mol. The van der Waals surface area contributed by atoms with Crippen molar-refractivity contribution >= 4 is 27.6 Å². The van der Waals surface area contributed by atoms with E-state index in [1.165, 1.54) is 28.7 Å². The van der Waals surface area contributed by atoms with Crippen molar-refractivity contribution in [2.24, 2.45) is 5.10 Å². The maximum atomic E-state index is 13.5. The van der Waals surface area contributed by atoms with Gasteiger partial charge in [-0.15, -0.1) is 0 Å². The molecule has 0 saturated carbocycles. The number of rotatable bonds is 6. The van der Waals surface area contributed by atoms with Gasteiger partial charge in [0, 0.05) is 29.8 Å². The third kappa shape index (κ3) is 4.44. The van der Waals surface area contributed by atoms with Gasteiger partial charge in [-0.2, -0.15) is 9.41 Å². The highest BCUT2D eigenvalue weighted by Gasteiger charge is 2.37. The molecule has 1 aliphatic rings. The Hall–Kier alpha value is -2.98. The molecule has 0 bridgehead atoms. The molecule has 2 aromatic rings. The van der Waals surface area contributed by atoms with Gasteiger partial charge in [0.2, 0.25) is 10.0 Å². The fraction of sp³-hybridized carbons (Fsp3) is 0.350. The smallest absolute Gasteiger partial charge is 0.270 e. The number of para-hydroxylation sites is 1. The first-order chi connectivity index (χ1) is 14.2. The summed E-state index contributed by atoms with van der Waals surface area (Å²) in [7, 11) is -4.01. The van der Waals surface area contributed by atoms with E-state index in [0.29, 0.717) is 5.56 Å². The number of sulfonamides is 1. The molecule has 0 unspecified atom stereocenters. The fourth-order valence-electron chi connectivity index (χ4n) is 3.68. The number of piperidine rings is 1. The topological polar surface area (TPSA) is 125 Å². The number of hydrazone groups is 1. The molecule has 2 atom stereocenters. The molecule has 160 valence electrons. The van der Waals surface area contributed by atoms with E-state index >= 15 is 0 Å². The third-order valence-corrected chi connectivity index (χ3v) is 7.34. The molecular weight excluding hydrogens is 408 g/mol. The number of non-ortho nitro benzene ring substituents is 1. The Balaban J connectivity index is 2.00. The van der Waals surface area contributed by atoms with E-state index in [1.54, 1.807) is 18.2 Å². The second-order valence-corrected chi connectivity index (χ2v) is 9.14. The molecule has 1 fully saturated rings. The lowest BCUT2D eigenvalue weighted by molar-refractivity contribution is -0.385. The van der Waals surface area contributed by atoms with Gasteiger partial charge in [0.1, 0.15) is 10.6 Å². The van der Waals surface area contributed by atoms with Gasteiger partial charge in [-0.05, 0) is 44.9 Å². The molecule has 9 nitrogen and oxygen atoms in total. The van der Waals surface area contributed by atoms with Crippen LogP contribution in [0.5, 0.6) is 5.75 Å². The highest BCUT2D eigenvalue weighted by atomic mass is 32.2. The molecule has 10 heteroatoms. The van der Waals surface area contributed by atoms with Crippen LogP contribution < -0.4 is 5.43 Å². The highest BCUT2D eigenvalue weighted by Crippen LogP contribution is 2.34. The Kier molecular flexibility index (Phi) is 6.37. The Labute approximate surface area is 175 Å². The van der Waals surface area contributed by atoms with Gasteiger partial charge in [0.25, 0.3) is 5.69 Å². The maximum absolute atomic E-state index is 13.5. The molecule has 0 spiro atoms. The van der Waals surface area contributed by atoms with Crippen LogP contribution in [-0.4, -0.2) is 41.1 Å². The zero-order valence-electron chi connectivity index (χ0n) is 16.7. The molecular formula is C20H24N4O5S. The second kappa shape index (κ2) is 8.80. The number of phenolic OH excluding ortho intramolecular Hbond substituents is 1. The first-order valence-corrected chi connectivity index (χ1v) is 11.0. The Morgan fingerprint density at radius 3 is 2.50 bits per heavy atom. The first kappa shape index (κ1) is 21.7. The summed E-state index contributed by atoms with van der Waals surface area (Å²) in [6.45, 7) is 3.68. The van der Waals surface area contributed by atoms with Crippen LogP contribution in [0.15, 0.2) is 52.5 Å². The molecule has 1 heterocycles. The summed E-state index contributed by atoms with van der Waals surface area (Å²) >= 11 is 0.